The standard InChI is InChI=1S/C7H13N3O/c1-6(2)11-5-7-4-8-10(3)9-7/h4,6H,5H2,1-3H3. The van der Waals surface area contributed by atoms with E-state index in [0.29, 0.717) is 6.61 Å². The first-order valence-corrected chi connectivity index (χ1v) is 3.65. The first kappa shape index (κ1) is 8.20. The minimum absolute atomic E-state index is 0.247. The molecule has 0 unspecified atom stereocenters. The molecule has 4 nitrogen and oxygen atoms in total. The zero-order valence-electron chi connectivity index (χ0n) is 7.11. The summed E-state index contributed by atoms with van der Waals surface area (Å²) < 4.78 is 5.33. The fourth-order valence-electron chi connectivity index (χ4n) is 0.706. The van der Waals surface area contributed by atoms with Crippen LogP contribution in [-0.2, 0) is 18.4 Å². The lowest BCUT2D eigenvalue weighted by Gasteiger charge is -2.03. The molecule has 4 heteroatoms. The first-order chi connectivity index (χ1) is 5.18. The summed E-state index contributed by atoms with van der Waals surface area (Å²) in [5.74, 6) is 0. The third kappa shape index (κ3) is 2.67. The maximum Gasteiger partial charge on any atom is 0.108 e. The van der Waals surface area contributed by atoms with Gasteiger partial charge in [0.15, 0.2) is 0 Å². The van der Waals surface area contributed by atoms with Crippen LogP contribution in [0, 0.1) is 0 Å². The van der Waals surface area contributed by atoms with Crippen molar-refractivity contribution in [2.24, 2.45) is 7.05 Å². The molecule has 0 aromatic carbocycles. The van der Waals surface area contributed by atoms with E-state index in [1.54, 1.807) is 13.2 Å². The van der Waals surface area contributed by atoms with Crippen molar-refractivity contribution in [3.63, 3.8) is 0 Å². The molecule has 1 aromatic heterocycles. The Morgan fingerprint density at radius 1 is 1.64 bits per heavy atom. The highest BCUT2D eigenvalue weighted by molar-refractivity contribution is 4.87. The third-order valence-corrected chi connectivity index (χ3v) is 1.21. The Kier molecular flexibility index (Phi) is 2.59. The fraction of sp³-hybridized carbons (Fsp3) is 0.714. The summed E-state index contributed by atoms with van der Waals surface area (Å²) in [6, 6.07) is 0. The molecule has 0 atom stereocenters. The SMILES string of the molecule is CC(C)OCc1cnn(C)n1. The highest BCUT2D eigenvalue weighted by Gasteiger charge is 1.98. The Morgan fingerprint density at radius 2 is 2.36 bits per heavy atom. The van der Waals surface area contributed by atoms with Crippen molar-refractivity contribution in [3.8, 4) is 0 Å². The predicted octanol–water partition coefficient (Wildman–Crippen LogP) is 0.740. The summed E-state index contributed by atoms with van der Waals surface area (Å²) in [4.78, 5) is 1.53. The topological polar surface area (TPSA) is 39.9 Å². The monoisotopic (exact) mass is 155 g/mol. The molecule has 0 spiro atoms. The van der Waals surface area contributed by atoms with Crippen LogP contribution in [-0.4, -0.2) is 21.1 Å². The van der Waals surface area contributed by atoms with Gasteiger partial charge < -0.3 is 4.74 Å². The van der Waals surface area contributed by atoms with Crippen LogP contribution in [0.25, 0.3) is 0 Å². The number of aromatic nitrogens is 3. The van der Waals surface area contributed by atoms with Crippen LogP contribution in [0.5, 0.6) is 0 Å². The van der Waals surface area contributed by atoms with Crippen molar-refractivity contribution in [1.29, 1.82) is 0 Å². The van der Waals surface area contributed by atoms with Gasteiger partial charge in [-0.1, -0.05) is 0 Å². The molecule has 0 bridgehead atoms. The molecule has 0 saturated heterocycles. The number of nitrogens with zero attached hydrogens (tertiary/aromatic N) is 3. The van der Waals surface area contributed by atoms with E-state index in [0.717, 1.165) is 5.69 Å². The van der Waals surface area contributed by atoms with E-state index in [1.165, 1.54) is 4.80 Å². The van der Waals surface area contributed by atoms with E-state index in [9.17, 15) is 0 Å². The lowest BCUT2D eigenvalue weighted by Crippen LogP contribution is -2.03. The van der Waals surface area contributed by atoms with E-state index in [4.69, 9.17) is 4.74 Å². The van der Waals surface area contributed by atoms with E-state index in [2.05, 4.69) is 10.2 Å². The van der Waals surface area contributed by atoms with Gasteiger partial charge in [-0.15, -0.1) is 0 Å². The molecular weight excluding hydrogens is 142 g/mol. The predicted molar refractivity (Wildman–Crippen MR) is 40.9 cm³/mol. The van der Waals surface area contributed by atoms with Crippen LogP contribution >= 0.6 is 0 Å². The summed E-state index contributed by atoms with van der Waals surface area (Å²) in [7, 11) is 1.79. The summed E-state index contributed by atoms with van der Waals surface area (Å²) in [6.45, 7) is 4.54. The molecule has 0 radical (unpaired) electrons. The largest absolute Gasteiger partial charge is 0.372 e. The molecule has 1 rings (SSSR count). The molecule has 11 heavy (non-hydrogen) atoms. The van der Waals surface area contributed by atoms with Gasteiger partial charge in [-0.25, -0.2) is 0 Å². The Labute approximate surface area is 66.2 Å². The van der Waals surface area contributed by atoms with Crippen LogP contribution in [0.4, 0.5) is 0 Å². The van der Waals surface area contributed by atoms with E-state index < -0.39 is 0 Å². The molecular formula is C7H13N3O. The van der Waals surface area contributed by atoms with Crippen molar-refractivity contribution in [3.05, 3.63) is 11.9 Å². The summed E-state index contributed by atoms with van der Waals surface area (Å²) in [6.07, 6.45) is 1.96. The minimum Gasteiger partial charge on any atom is -0.372 e. The summed E-state index contributed by atoms with van der Waals surface area (Å²) in [5, 5.41) is 7.98. The van der Waals surface area contributed by atoms with Gasteiger partial charge in [0.05, 0.1) is 18.9 Å². The van der Waals surface area contributed by atoms with Crippen LogP contribution in [0.2, 0.25) is 0 Å². The maximum absolute atomic E-state index is 5.33. The minimum atomic E-state index is 0.247. The Hall–Kier alpha value is -0.900. The van der Waals surface area contributed by atoms with Crippen LogP contribution in [0.1, 0.15) is 19.5 Å². The number of hydrogen-bond donors (Lipinski definition) is 0. The average molecular weight is 155 g/mol. The fourth-order valence-corrected chi connectivity index (χ4v) is 0.706. The van der Waals surface area contributed by atoms with Crippen LogP contribution in [0.3, 0.4) is 0 Å². The number of hydrogen-bond acceptors (Lipinski definition) is 3. The summed E-state index contributed by atoms with van der Waals surface area (Å²) >= 11 is 0. The number of aryl methyl sites for hydroxylation is 1. The smallest absolute Gasteiger partial charge is 0.108 e. The summed E-state index contributed by atoms with van der Waals surface area (Å²) in [5.41, 5.74) is 0.876. The lowest BCUT2D eigenvalue weighted by molar-refractivity contribution is 0.0633. The van der Waals surface area contributed by atoms with Crippen molar-refractivity contribution >= 4 is 0 Å². The molecule has 62 valence electrons. The van der Waals surface area contributed by atoms with Gasteiger partial charge in [0.25, 0.3) is 0 Å². The second-order valence-corrected chi connectivity index (χ2v) is 2.69. The quantitative estimate of drug-likeness (QED) is 0.646. The van der Waals surface area contributed by atoms with Crippen LogP contribution in [0.15, 0.2) is 6.20 Å². The van der Waals surface area contributed by atoms with Crippen LogP contribution < -0.4 is 0 Å². The highest BCUT2D eigenvalue weighted by Crippen LogP contribution is 1.97. The van der Waals surface area contributed by atoms with Crippen molar-refractivity contribution in [2.75, 3.05) is 0 Å². The first-order valence-electron chi connectivity index (χ1n) is 3.65. The molecule has 0 N–H and O–H groups in total. The van der Waals surface area contributed by atoms with Crippen molar-refractivity contribution in [2.45, 2.75) is 26.6 Å². The molecule has 0 aliphatic rings. The molecule has 0 fully saturated rings. The normalized spacial score (nSPS) is 10.9. The van der Waals surface area contributed by atoms with Crippen molar-refractivity contribution < 1.29 is 4.74 Å². The molecule has 1 heterocycles. The van der Waals surface area contributed by atoms with Gasteiger partial charge >= 0.3 is 0 Å². The molecule has 0 amide bonds. The number of ether oxygens (including phenoxy) is 1. The van der Waals surface area contributed by atoms with E-state index in [-0.39, 0.29) is 6.10 Å². The molecule has 0 aliphatic carbocycles. The highest BCUT2D eigenvalue weighted by atomic mass is 16.5. The molecule has 0 saturated carbocycles. The zero-order valence-corrected chi connectivity index (χ0v) is 7.11. The Balaban J connectivity index is 2.39. The third-order valence-electron chi connectivity index (χ3n) is 1.21. The van der Waals surface area contributed by atoms with E-state index in [1.807, 2.05) is 13.8 Å². The van der Waals surface area contributed by atoms with Gasteiger partial charge in [0, 0.05) is 7.05 Å². The number of rotatable bonds is 3. The lowest BCUT2D eigenvalue weighted by atomic mass is 10.4. The maximum atomic E-state index is 5.33. The van der Waals surface area contributed by atoms with Gasteiger partial charge in [-0.3, -0.25) is 0 Å². The van der Waals surface area contributed by atoms with Gasteiger partial charge in [-0.2, -0.15) is 15.0 Å². The van der Waals surface area contributed by atoms with Gasteiger partial charge in [-0.05, 0) is 13.8 Å². The second-order valence-electron chi connectivity index (χ2n) is 2.69. The molecule has 1 aromatic rings. The van der Waals surface area contributed by atoms with Gasteiger partial charge in [0.1, 0.15) is 5.69 Å². The van der Waals surface area contributed by atoms with E-state index >= 15 is 0 Å². The Bertz CT molecular complexity index is 219. The molecule has 0 aliphatic heterocycles. The second kappa shape index (κ2) is 3.48. The average Bonchev–Trinajstić information content (AvgIpc) is 2.31. The van der Waals surface area contributed by atoms with Crippen molar-refractivity contribution in [1.82, 2.24) is 15.0 Å². The Morgan fingerprint density at radius 3 is 2.82 bits per heavy atom. The zero-order chi connectivity index (χ0) is 8.27. The van der Waals surface area contributed by atoms with Gasteiger partial charge in [0.2, 0.25) is 0 Å².